The molecule has 0 unspecified atom stereocenters. The van der Waals surface area contributed by atoms with Crippen LogP contribution in [0.1, 0.15) is 0 Å². The van der Waals surface area contributed by atoms with Crippen LogP contribution in [-0.4, -0.2) is 28.3 Å². The molecule has 0 fully saturated rings. The van der Waals surface area contributed by atoms with Gasteiger partial charge in [0.25, 0.3) is 0 Å². The van der Waals surface area contributed by atoms with Crippen LogP contribution in [0.4, 0.5) is 0 Å². The Labute approximate surface area is 129 Å². The maximum Gasteiger partial charge on any atom is 0.161 e. The van der Waals surface area contributed by atoms with Gasteiger partial charge in [-0.25, -0.2) is 4.98 Å². The third-order valence-electron chi connectivity index (χ3n) is 3.27. The van der Waals surface area contributed by atoms with Gasteiger partial charge in [0.2, 0.25) is 0 Å². The average Bonchev–Trinajstić information content (AvgIpc) is 3.04. The smallest absolute Gasteiger partial charge is 0.161 e. The van der Waals surface area contributed by atoms with Crippen molar-refractivity contribution in [2.45, 2.75) is 6.54 Å². The number of nitrogens with zero attached hydrogens (tertiary/aromatic N) is 3. The van der Waals surface area contributed by atoms with Gasteiger partial charge in [0.15, 0.2) is 17.3 Å². The van der Waals surface area contributed by atoms with Gasteiger partial charge in [0.1, 0.15) is 12.3 Å². The summed E-state index contributed by atoms with van der Waals surface area (Å²) >= 11 is 0. The van der Waals surface area contributed by atoms with Crippen molar-refractivity contribution in [2.24, 2.45) is 0 Å². The first-order chi connectivity index (χ1) is 10.9. The lowest BCUT2D eigenvalue weighted by Crippen LogP contribution is -2.09. The summed E-state index contributed by atoms with van der Waals surface area (Å²) in [5.41, 5.74) is 0.852. The van der Waals surface area contributed by atoms with Gasteiger partial charge in [-0.05, 0) is 24.3 Å². The molecule has 2 heterocycles. The minimum Gasteiger partial charge on any atom is -0.493 e. The molecule has 5 heteroatoms. The molecule has 22 heavy (non-hydrogen) atoms. The molecule has 0 radical (unpaired) electrons. The van der Waals surface area contributed by atoms with E-state index in [0.29, 0.717) is 13.2 Å². The van der Waals surface area contributed by atoms with Crippen LogP contribution < -0.4 is 9.47 Å². The first-order valence-electron chi connectivity index (χ1n) is 7.07. The molecule has 1 aromatic carbocycles. The van der Waals surface area contributed by atoms with Crippen molar-refractivity contribution in [1.29, 1.82) is 0 Å². The molecule has 0 saturated heterocycles. The van der Waals surface area contributed by atoms with E-state index in [1.165, 1.54) is 0 Å². The van der Waals surface area contributed by atoms with E-state index in [1.807, 2.05) is 53.2 Å². The second kappa shape index (κ2) is 6.76. The largest absolute Gasteiger partial charge is 0.493 e. The Balaban J connectivity index is 1.67. The number of hydrogen-bond donors (Lipinski definition) is 0. The van der Waals surface area contributed by atoms with E-state index in [1.54, 1.807) is 19.5 Å². The van der Waals surface area contributed by atoms with E-state index in [2.05, 4.69) is 9.97 Å². The quantitative estimate of drug-likeness (QED) is 0.701. The number of rotatable bonds is 6. The number of pyridine rings is 1. The van der Waals surface area contributed by atoms with Gasteiger partial charge in [-0.15, -0.1) is 0 Å². The van der Waals surface area contributed by atoms with Gasteiger partial charge in [0.05, 0.1) is 13.7 Å². The number of para-hydroxylation sites is 2. The third-order valence-corrected chi connectivity index (χ3v) is 3.27. The number of hydrogen-bond acceptors (Lipinski definition) is 4. The molecule has 3 aromatic rings. The molecular formula is C17H17N3O2. The Kier molecular flexibility index (Phi) is 4.34. The van der Waals surface area contributed by atoms with Crippen LogP contribution in [0, 0.1) is 0 Å². The zero-order valence-corrected chi connectivity index (χ0v) is 12.3. The van der Waals surface area contributed by atoms with E-state index in [-0.39, 0.29) is 0 Å². The van der Waals surface area contributed by atoms with Crippen molar-refractivity contribution in [1.82, 2.24) is 14.5 Å². The lowest BCUT2D eigenvalue weighted by molar-refractivity contribution is 0.280. The van der Waals surface area contributed by atoms with Crippen molar-refractivity contribution < 1.29 is 9.47 Å². The molecular weight excluding hydrogens is 278 g/mol. The molecule has 0 bridgehead atoms. The van der Waals surface area contributed by atoms with Gasteiger partial charge in [-0.3, -0.25) is 4.98 Å². The molecule has 0 N–H and O–H groups in total. The number of ether oxygens (including phenoxy) is 2. The summed E-state index contributed by atoms with van der Waals surface area (Å²) in [4.78, 5) is 8.70. The van der Waals surface area contributed by atoms with Gasteiger partial charge in [-0.1, -0.05) is 18.2 Å². The maximum absolute atomic E-state index is 5.80. The van der Waals surface area contributed by atoms with Crippen molar-refractivity contribution in [3.8, 4) is 23.0 Å². The Morgan fingerprint density at radius 1 is 0.955 bits per heavy atom. The van der Waals surface area contributed by atoms with E-state index in [4.69, 9.17) is 9.47 Å². The van der Waals surface area contributed by atoms with Gasteiger partial charge in [-0.2, -0.15) is 0 Å². The molecule has 5 nitrogen and oxygen atoms in total. The summed E-state index contributed by atoms with van der Waals surface area (Å²) < 4.78 is 13.1. The van der Waals surface area contributed by atoms with Gasteiger partial charge >= 0.3 is 0 Å². The molecule has 112 valence electrons. The minimum atomic E-state index is 0.524. The fraction of sp³-hybridized carbons (Fsp3) is 0.176. The summed E-state index contributed by atoms with van der Waals surface area (Å²) in [7, 11) is 1.64. The average molecular weight is 295 g/mol. The fourth-order valence-corrected chi connectivity index (χ4v) is 2.21. The highest BCUT2D eigenvalue weighted by Gasteiger charge is 2.07. The first kappa shape index (κ1) is 14.1. The van der Waals surface area contributed by atoms with Crippen LogP contribution in [-0.2, 0) is 6.54 Å². The topological polar surface area (TPSA) is 49.2 Å². The highest BCUT2D eigenvalue weighted by molar-refractivity contribution is 5.49. The minimum absolute atomic E-state index is 0.524. The Morgan fingerprint density at radius 3 is 2.55 bits per heavy atom. The predicted molar refractivity (Wildman–Crippen MR) is 83.9 cm³/mol. The Morgan fingerprint density at radius 2 is 1.77 bits per heavy atom. The van der Waals surface area contributed by atoms with Crippen LogP contribution in [0.25, 0.3) is 11.5 Å². The standard InChI is InChI=1S/C17H17N3O2/c1-21-15-7-2-3-8-16(15)22-13-12-20-11-10-19-17(20)14-6-4-5-9-18-14/h2-11H,12-13H2,1H3. The molecule has 0 atom stereocenters. The van der Waals surface area contributed by atoms with Gasteiger partial charge < -0.3 is 14.0 Å². The Bertz CT molecular complexity index is 726. The summed E-state index contributed by atoms with van der Waals surface area (Å²) in [6, 6.07) is 13.4. The van der Waals surface area contributed by atoms with Crippen LogP contribution in [0.3, 0.4) is 0 Å². The highest BCUT2D eigenvalue weighted by Crippen LogP contribution is 2.25. The zero-order valence-electron chi connectivity index (χ0n) is 12.3. The van der Waals surface area contributed by atoms with Crippen LogP contribution in [0.2, 0.25) is 0 Å². The summed E-state index contributed by atoms with van der Waals surface area (Å²) in [6.45, 7) is 1.21. The SMILES string of the molecule is COc1ccccc1OCCn1ccnc1-c1ccccn1. The molecule has 0 amide bonds. The van der Waals surface area contributed by atoms with Crippen molar-refractivity contribution in [2.75, 3.05) is 13.7 Å². The fourth-order valence-electron chi connectivity index (χ4n) is 2.21. The lowest BCUT2D eigenvalue weighted by atomic mass is 10.3. The van der Waals surface area contributed by atoms with E-state index >= 15 is 0 Å². The summed E-state index contributed by atoms with van der Waals surface area (Å²) in [6.07, 6.45) is 5.46. The third kappa shape index (κ3) is 3.09. The Hall–Kier alpha value is -2.82. The molecule has 0 aliphatic rings. The highest BCUT2D eigenvalue weighted by atomic mass is 16.5. The summed E-state index contributed by atoms with van der Waals surface area (Å²) in [5, 5.41) is 0. The van der Waals surface area contributed by atoms with Crippen molar-refractivity contribution in [3.63, 3.8) is 0 Å². The molecule has 0 aliphatic heterocycles. The normalized spacial score (nSPS) is 10.4. The first-order valence-corrected chi connectivity index (χ1v) is 7.07. The van der Waals surface area contributed by atoms with Gasteiger partial charge in [0, 0.05) is 18.6 Å². The number of methoxy groups -OCH3 is 1. The number of aromatic nitrogens is 3. The number of benzene rings is 1. The summed E-state index contributed by atoms with van der Waals surface area (Å²) in [5.74, 6) is 2.31. The molecule has 2 aromatic heterocycles. The molecule has 0 spiro atoms. The lowest BCUT2D eigenvalue weighted by Gasteiger charge is -2.11. The molecule has 0 aliphatic carbocycles. The molecule has 3 rings (SSSR count). The zero-order chi connectivity index (χ0) is 15.2. The van der Waals surface area contributed by atoms with Crippen molar-refractivity contribution >= 4 is 0 Å². The predicted octanol–water partition coefficient (Wildman–Crippen LogP) is 3.03. The van der Waals surface area contributed by atoms with Crippen LogP contribution in [0.5, 0.6) is 11.5 Å². The van der Waals surface area contributed by atoms with Crippen LogP contribution >= 0.6 is 0 Å². The second-order valence-electron chi connectivity index (χ2n) is 4.66. The molecule has 0 saturated carbocycles. The van der Waals surface area contributed by atoms with E-state index in [9.17, 15) is 0 Å². The van der Waals surface area contributed by atoms with Crippen LogP contribution in [0.15, 0.2) is 61.1 Å². The number of imidazole rings is 1. The second-order valence-corrected chi connectivity index (χ2v) is 4.66. The van der Waals surface area contributed by atoms with E-state index in [0.717, 1.165) is 23.0 Å². The maximum atomic E-state index is 5.80. The van der Waals surface area contributed by atoms with Crippen molar-refractivity contribution in [3.05, 3.63) is 61.1 Å². The van der Waals surface area contributed by atoms with E-state index < -0.39 is 0 Å². The monoisotopic (exact) mass is 295 g/mol.